The number of rotatable bonds is 7. The van der Waals surface area contributed by atoms with E-state index in [9.17, 15) is 9.59 Å². The van der Waals surface area contributed by atoms with Gasteiger partial charge in [0.1, 0.15) is 11.8 Å². The number of carbonyl (C=O) groups is 2. The Kier molecular flexibility index (Phi) is 6.95. The molecule has 0 aliphatic rings. The Morgan fingerprint density at radius 1 is 1.12 bits per heavy atom. The third-order valence-electron chi connectivity index (χ3n) is 3.35. The van der Waals surface area contributed by atoms with Crippen molar-refractivity contribution >= 4 is 18.0 Å². The maximum atomic E-state index is 12.1. The predicted molar refractivity (Wildman–Crippen MR) is 93.9 cm³/mol. The summed E-state index contributed by atoms with van der Waals surface area (Å²) in [5, 5.41) is 8.47. The molecule has 0 bridgehead atoms. The van der Waals surface area contributed by atoms with Crippen LogP contribution in [0.4, 0.5) is 0 Å². The lowest BCUT2D eigenvalue weighted by molar-refractivity contribution is -0.163. The monoisotopic (exact) mass is 351 g/mol. The number of nitrogens with zero attached hydrogens (tertiary/aromatic N) is 1. The van der Waals surface area contributed by atoms with Crippen LogP contribution in [0.2, 0.25) is 0 Å². The van der Waals surface area contributed by atoms with Gasteiger partial charge in [0.15, 0.2) is 6.61 Å². The van der Waals surface area contributed by atoms with E-state index in [0.29, 0.717) is 11.3 Å². The van der Waals surface area contributed by atoms with E-state index in [1.165, 1.54) is 13.2 Å². The maximum Gasteiger partial charge on any atom is 0.351 e. The van der Waals surface area contributed by atoms with E-state index in [2.05, 4.69) is 0 Å². The summed E-state index contributed by atoms with van der Waals surface area (Å²) >= 11 is 0. The maximum absolute atomic E-state index is 12.1. The molecule has 0 amide bonds. The van der Waals surface area contributed by atoms with Gasteiger partial charge in [0.25, 0.3) is 0 Å². The van der Waals surface area contributed by atoms with E-state index in [0.717, 1.165) is 5.56 Å². The molecule has 2 rings (SSSR count). The van der Waals surface area contributed by atoms with Crippen LogP contribution in [-0.4, -0.2) is 25.7 Å². The minimum atomic E-state index is -1.12. The molecule has 0 N–H and O–H groups in total. The van der Waals surface area contributed by atoms with E-state index in [1.54, 1.807) is 60.7 Å². The Morgan fingerprint density at radius 2 is 1.81 bits per heavy atom. The molecule has 0 saturated heterocycles. The van der Waals surface area contributed by atoms with Gasteiger partial charge in [0, 0.05) is 11.6 Å². The van der Waals surface area contributed by atoms with Crippen molar-refractivity contribution in [2.24, 2.45) is 0 Å². The quantitative estimate of drug-likeness (QED) is 0.563. The summed E-state index contributed by atoms with van der Waals surface area (Å²) in [6.45, 7) is -0.0318. The van der Waals surface area contributed by atoms with Crippen LogP contribution in [-0.2, 0) is 19.1 Å². The second-order valence-electron chi connectivity index (χ2n) is 5.10. The molecule has 6 heteroatoms. The number of benzene rings is 2. The van der Waals surface area contributed by atoms with Crippen molar-refractivity contribution in [3.8, 4) is 11.8 Å². The molecule has 0 aliphatic heterocycles. The van der Waals surface area contributed by atoms with Crippen molar-refractivity contribution in [1.29, 1.82) is 5.26 Å². The summed E-state index contributed by atoms with van der Waals surface area (Å²) in [4.78, 5) is 23.9. The first-order valence-corrected chi connectivity index (χ1v) is 7.75. The molecule has 0 saturated carbocycles. The molecule has 132 valence electrons. The Morgan fingerprint density at radius 3 is 2.42 bits per heavy atom. The minimum Gasteiger partial charge on any atom is -0.479 e. The Labute approximate surface area is 151 Å². The molecule has 1 unspecified atom stereocenters. The standard InChI is InChI=1S/C20H17NO5/c1-24-20(23)19(16-5-3-2-4-6-16)26-18(22)12-9-15-7-10-17(11-8-15)25-14-13-21/h2-12,19H,14H2,1H3/b12-9+. The van der Waals surface area contributed by atoms with E-state index in [-0.39, 0.29) is 6.61 Å². The first-order valence-electron chi connectivity index (χ1n) is 7.75. The number of methoxy groups -OCH3 is 1. The molecule has 0 heterocycles. The number of hydrogen-bond acceptors (Lipinski definition) is 6. The van der Waals surface area contributed by atoms with Gasteiger partial charge < -0.3 is 14.2 Å². The Hall–Kier alpha value is -3.59. The lowest BCUT2D eigenvalue weighted by atomic mass is 10.1. The zero-order chi connectivity index (χ0) is 18.8. The number of ether oxygens (including phenoxy) is 3. The summed E-state index contributed by atoms with van der Waals surface area (Å²) < 4.78 is 15.1. The van der Waals surface area contributed by atoms with Crippen LogP contribution < -0.4 is 4.74 Å². The average Bonchev–Trinajstić information content (AvgIpc) is 2.69. The zero-order valence-electron chi connectivity index (χ0n) is 14.1. The third kappa shape index (κ3) is 5.49. The zero-order valence-corrected chi connectivity index (χ0v) is 14.1. The topological polar surface area (TPSA) is 85.6 Å². The van der Waals surface area contributed by atoms with Crippen molar-refractivity contribution in [3.63, 3.8) is 0 Å². The van der Waals surface area contributed by atoms with Gasteiger partial charge in [-0.2, -0.15) is 5.26 Å². The van der Waals surface area contributed by atoms with Crippen LogP contribution in [0.15, 0.2) is 60.7 Å². The van der Waals surface area contributed by atoms with Gasteiger partial charge in [-0.05, 0) is 23.8 Å². The lowest BCUT2D eigenvalue weighted by Gasteiger charge is -2.14. The molecule has 26 heavy (non-hydrogen) atoms. The summed E-state index contributed by atoms with van der Waals surface area (Å²) in [5.41, 5.74) is 1.26. The van der Waals surface area contributed by atoms with Gasteiger partial charge in [-0.15, -0.1) is 0 Å². The molecule has 6 nitrogen and oxygen atoms in total. The Balaban J connectivity index is 2.02. The summed E-state index contributed by atoms with van der Waals surface area (Å²) in [6.07, 6.45) is 1.65. The highest BCUT2D eigenvalue weighted by molar-refractivity contribution is 5.89. The van der Waals surface area contributed by atoms with Crippen LogP contribution in [0.5, 0.6) is 5.75 Å². The van der Waals surface area contributed by atoms with Crippen molar-refractivity contribution in [2.45, 2.75) is 6.10 Å². The van der Waals surface area contributed by atoms with E-state index in [1.807, 2.05) is 6.07 Å². The fraction of sp³-hybridized carbons (Fsp3) is 0.150. The summed E-state index contributed by atoms with van der Waals surface area (Å²) in [6, 6.07) is 17.3. The number of carbonyl (C=O) groups excluding carboxylic acids is 2. The van der Waals surface area contributed by atoms with Gasteiger partial charge >= 0.3 is 11.9 Å². The molecule has 0 aromatic heterocycles. The van der Waals surface area contributed by atoms with Crippen molar-refractivity contribution in [2.75, 3.05) is 13.7 Å². The van der Waals surface area contributed by atoms with Crippen LogP contribution in [0.1, 0.15) is 17.2 Å². The Bertz CT molecular complexity index is 806. The van der Waals surface area contributed by atoms with Gasteiger partial charge in [0.05, 0.1) is 7.11 Å². The van der Waals surface area contributed by atoms with Gasteiger partial charge in [-0.3, -0.25) is 0 Å². The SMILES string of the molecule is COC(=O)C(OC(=O)/C=C/c1ccc(OCC#N)cc1)c1ccccc1. The fourth-order valence-electron chi connectivity index (χ4n) is 2.10. The third-order valence-corrected chi connectivity index (χ3v) is 3.35. The van der Waals surface area contributed by atoms with Crippen molar-refractivity contribution in [1.82, 2.24) is 0 Å². The molecule has 2 aromatic carbocycles. The fourth-order valence-corrected chi connectivity index (χ4v) is 2.10. The number of hydrogen-bond donors (Lipinski definition) is 0. The first-order chi connectivity index (χ1) is 12.6. The molecule has 1 atom stereocenters. The molecule has 0 spiro atoms. The van der Waals surface area contributed by atoms with Gasteiger partial charge in [0.2, 0.25) is 6.10 Å². The average molecular weight is 351 g/mol. The number of esters is 2. The minimum absolute atomic E-state index is 0.0318. The first kappa shape index (κ1) is 18.7. The van der Waals surface area contributed by atoms with Gasteiger partial charge in [-0.25, -0.2) is 9.59 Å². The van der Waals surface area contributed by atoms with Crippen molar-refractivity contribution < 1.29 is 23.8 Å². The summed E-state index contributed by atoms with van der Waals surface area (Å²) in [5.74, 6) is -0.771. The van der Waals surface area contributed by atoms with E-state index in [4.69, 9.17) is 19.5 Å². The van der Waals surface area contributed by atoms with Gasteiger partial charge in [-0.1, -0.05) is 42.5 Å². The molecule has 0 fully saturated rings. The molecule has 2 aromatic rings. The normalized spacial score (nSPS) is 11.4. The molecule has 0 radical (unpaired) electrons. The van der Waals surface area contributed by atoms with Crippen LogP contribution in [0.25, 0.3) is 6.08 Å². The van der Waals surface area contributed by atoms with Crippen LogP contribution >= 0.6 is 0 Å². The smallest absolute Gasteiger partial charge is 0.351 e. The highest BCUT2D eigenvalue weighted by atomic mass is 16.6. The van der Waals surface area contributed by atoms with Crippen LogP contribution in [0.3, 0.4) is 0 Å². The highest BCUT2D eigenvalue weighted by Gasteiger charge is 2.24. The number of nitriles is 1. The summed E-state index contributed by atoms with van der Waals surface area (Å²) in [7, 11) is 1.23. The largest absolute Gasteiger partial charge is 0.479 e. The molecular formula is C20H17NO5. The second-order valence-corrected chi connectivity index (χ2v) is 5.10. The van der Waals surface area contributed by atoms with Crippen LogP contribution in [0, 0.1) is 11.3 Å². The predicted octanol–water partition coefficient (Wildman–Crippen LogP) is 3.06. The van der Waals surface area contributed by atoms with Crippen molar-refractivity contribution in [3.05, 3.63) is 71.8 Å². The highest BCUT2D eigenvalue weighted by Crippen LogP contribution is 2.19. The molecular weight excluding hydrogens is 334 g/mol. The molecule has 0 aliphatic carbocycles. The van der Waals surface area contributed by atoms with E-state index >= 15 is 0 Å². The van der Waals surface area contributed by atoms with E-state index < -0.39 is 18.0 Å². The lowest BCUT2D eigenvalue weighted by Crippen LogP contribution is -2.20. The second kappa shape index (κ2) is 9.64.